The van der Waals surface area contributed by atoms with Crippen LogP contribution in [0.3, 0.4) is 0 Å². The summed E-state index contributed by atoms with van der Waals surface area (Å²) in [6.45, 7) is 3.44. The van der Waals surface area contributed by atoms with Crippen LogP contribution in [0, 0.1) is 13.8 Å². The quantitative estimate of drug-likeness (QED) is 0.817. The van der Waals surface area contributed by atoms with Crippen LogP contribution in [-0.2, 0) is 6.61 Å². The Kier molecular flexibility index (Phi) is 5.34. The molecular weight excluding hydrogens is 235 g/mol. The van der Waals surface area contributed by atoms with Crippen LogP contribution >= 0.6 is 0 Å². The maximum absolute atomic E-state index is 10.3. The molecule has 2 aromatic rings. The second-order valence-corrected chi connectivity index (χ2v) is 4.65. The van der Waals surface area contributed by atoms with E-state index in [-0.39, 0.29) is 14.0 Å². The van der Waals surface area contributed by atoms with Gasteiger partial charge in [0.25, 0.3) is 0 Å². The third kappa shape index (κ3) is 3.46. The molecule has 0 aromatic heterocycles. The van der Waals surface area contributed by atoms with Crippen molar-refractivity contribution in [2.75, 3.05) is 0 Å². The van der Waals surface area contributed by atoms with Crippen LogP contribution in [0.2, 0.25) is 0 Å². The van der Waals surface area contributed by atoms with Gasteiger partial charge in [0.1, 0.15) is 0 Å². The minimum Gasteiger partial charge on any atom is -0.443 e. The van der Waals surface area contributed by atoms with Gasteiger partial charge in [0, 0.05) is 0 Å². The normalized spacial score (nSPS) is 9.89. The summed E-state index contributed by atoms with van der Waals surface area (Å²) in [5, 5.41) is 19.5. The summed E-state index contributed by atoms with van der Waals surface area (Å²) >= 11 is 0. The molecule has 2 nitrogen and oxygen atoms in total. The number of rotatable bonds is 3. The lowest BCUT2D eigenvalue weighted by atomic mass is 9.55. The van der Waals surface area contributed by atoms with E-state index in [1.165, 1.54) is 11.1 Å². The smallest absolute Gasteiger partial charge is 0.358 e. The summed E-state index contributed by atoms with van der Waals surface area (Å²) in [4.78, 5) is 0. The molecule has 0 saturated heterocycles. The Balaban J connectivity index is 0.00000180. The van der Waals surface area contributed by atoms with E-state index in [1.807, 2.05) is 49.4 Å². The summed E-state index contributed by atoms with van der Waals surface area (Å²) in [7, 11) is 0. The van der Waals surface area contributed by atoms with E-state index in [0.717, 1.165) is 16.5 Å². The van der Waals surface area contributed by atoms with Gasteiger partial charge in [0.2, 0.25) is 0 Å². The first-order chi connectivity index (χ1) is 8.61. The largest absolute Gasteiger partial charge is 0.443 e. The fourth-order valence-electron chi connectivity index (χ4n) is 1.99. The first-order valence-corrected chi connectivity index (χ1v) is 6.06. The lowest BCUT2D eigenvalue weighted by Gasteiger charge is -2.10. The van der Waals surface area contributed by atoms with Gasteiger partial charge in [-0.05, 0) is 41.5 Å². The van der Waals surface area contributed by atoms with Gasteiger partial charge in [0.05, 0.1) is 6.61 Å². The lowest BCUT2D eigenvalue weighted by Crippen LogP contribution is -2.42. The molecule has 0 heterocycles. The third-order valence-electron chi connectivity index (χ3n) is 3.30. The van der Waals surface area contributed by atoms with Crippen LogP contribution in [0.25, 0.3) is 0 Å². The highest BCUT2D eigenvalue weighted by molar-refractivity contribution is 6.78. The van der Waals surface area contributed by atoms with Crippen molar-refractivity contribution in [2.24, 2.45) is 0 Å². The van der Waals surface area contributed by atoms with Crippen molar-refractivity contribution in [3.63, 3.8) is 0 Å². The van der Waals surface area contributed by atoms with E-state index in [2.05, 4.69) is 6.92 Å². The Morgan fingerprint density at radius 3 is 2.26 bits per heavy atom. The second kappa shape index (κ2) is 6.55. The zero-order valence-corrected chi connectivity index (χ0v) is 10.7. The second-order valence-electron chi connectivity index (χ2n) is 4.65. The highest BCUT2D eigenvalue weighted by atomic mass is 16.3. The van der Waals surface area contributed by atoms with Crippen LogP contribution in [0.15, 0.2) is 42.5 Å². The molecule has 0 amide bonds. The van der Waals surface area contributed by atoms with Crippen molar-refractivity contribution >= 4 is 17.8 Å². The molecule has 0 unspecified atom stereocenters. The molecule has 100 valence electrons. The number of aliphatic hydroxyl groups is 1. The molecule has 0 aliphatic rings. The maximum Gasteiger partial charge on any atom is 0.358 e. The predicted octanol–water partition coefficient (Wildman–Crippen LogP) is 1.53. The summed E-state index contributed by atoms with van der Waals surface area (Å²) in [5.74, 6) is 0. The van der Waals surface area contributed by atoms with Crippen molar-refractivity contribution in [2.45, 2.75) is 27.9 Å². The van der Waals surface area contributed by atoms with E-state index in [4.69, 9.17) is 5.11 Å². The van der Waals surface area contributed by atoms with E-state index in [1.54, 1.807) is 0 Å². The van der Waals surface area contributed by atoms with Gasteiger partial charge in [0.15, 0.2) is 0 Å². The zero-order chi connectivity index (χ0) is 13.1. The Morgan fingerprint density at radius 1 is 0.947 bits per heavy atom. The van der Waals surface area contributed by atoms with Crippen molar-refractivity contribution in [3.05, 3.63) is 59.2 Å². The fraction of sp³-hybridized carbons (Fsp3) is 0.250. The predicted molar refractivity (Wildman–Crippen MR) is 82.3 cm³/mol. The molecule has 0 atom stereocenters. The summed E-state index contributed by atoms with van der Waals surface area (Å²) in [5.41, 5.74) is 4.90. The summed E-state index contributed by atoms with van der Waals surface area (Å²) in [6.07, 6.45) is 0. The number of aryl methyl sites for hydroxylation is 2. The molecule has 19 heavy (non-hydrogen) atoms. The van der Waals surface area contributed by atoms with Gasteiger partial charge in [-0.2, -0.15) is 0 Å². The van der Waals surface area contributed by atoms with E-state index < -0.39 is 6.92 Å². The summed E-state index contributed by atoms with van der Waals surface area (Å²) < 4.78 is 0. The molecule has 0 spiro atoms. The van der Waals surface area contributed by atoms with Crippen LogP contribution in [0.4, 0.5) is 0 Å². The first-order valence-electron chi connectivity index (χ1n) is 6.06. The van der Waals surface area contributed by atoms with Gasteiger partial charge >= 0.3 is 6.92 Å². The molecule has 2 aromatic carbocycles. The van der Waals surface area contributed by atoms with Crippen molar-refractivity contribution in [1.29, 1.82) is 0 Å². The van der Waals surface area contributed by atoms with Gasteiger partial charge in [-0.3, -0.25) is 0 Å². The molecular formula is C16H21BO2. The van der Waals surface area contributed by atoms with Gasteiger partial charge in [-0.25, -0.2) is 0 Å². The van der Waals surface area contributed by atoms with E-state index >= 15 is 0 Å². The SMILES string of the molecule is C.Cc1ccc(B(O)c2cccc(CO)c2)cc1C. The van der Waals surface area contributed by atoms with Crippen LogP contribution in [-0.4, -0.2) is 17.0 Å². The highest BCUT2D eigenvalue weighted by Crippen LogP contribution is 2.04. The van der Waals surface area contributed by atoms with Crippen LogP contribution < -0.4 is 10.9 Å². The molecule has 2 rings (SSSR count). The third-order valence-corrected chi connectivity index (χ3v) is 3.30. The monoisotopic (exact) mass is 256 g/mol. The number of hydrogen-bond donors (Lipinski definition) is 2. The van der Waals surface area contributed by atoms with Crippen molar-refractivity contribution in [3.8, 4) is 0 Å². The molecule has 0 aliphatic carbocycles. The van der Waals surface area contributed by atoms with Crippen LogP contribution in [0.1, 0.15) is 24.1 Å². The van der Waals surface area contributed by atoms with Crippen molar-refractivity contribution in [1.82, 2.24) is 0 Å². The standard InChI is InChI=1S/C15H17BO2.CH4/c1-11-6-7-15(8-12(11)2)16(18)14-5-3-4-13(9-14)10-17;/h3-9,17-18H,10H2,1-2H3;1H4. The van der Waals surface area contributed by atoms with Crippen molar-refractivity contribution < 1.29 is 10.1 Å². The minimum atomic E-state index is -0.643. The average molecular weight is 256 g/mol. The Bertz CT molecular complexity index is 552. The Labute approximate surface area is 115 Å². The molecule has 0 radical (unpaired) electrons. The minimum absolute atomic E-state index is 0. The van der Waals surface area contributed by atoms with E-state index in [9.17, 15) is 5.02 Å². The van der Waals surface area contributed by atoms with E-state index in [0.29, 0.717) is 0 Å². The fourth-order valence-corrected chi connectivity index (χ4v) is 1.99. The molecule has 2 N–H and O–H groups in total. The van der Waals surface area contributed by atoms with Crippen LogP contribution in [0.5, 0.6) is 0 Å². The lowest BCUT2D eigenvalue weighted by molar-refractivity contribution is 0.282. The average Bonchev–Trinajstić information content (AvgIpc) is 2.41. The molecule has 0 bridgehead atoms. The van der Waals surface area contributed by atoms with Gasteiger partial charge < -0.3 is 10.1 Å². The topological polar surface area (TPSA) is 40.5 Å². The number of hydrogen-bond acceptors (Lipinski definition) is 2. The molecule has 0 aliphatic heterocycles. The molecule has 3 heteroatoms. The summed E-state index contributed by atoms with van der Waals surface area (Å²) in [6, 6.07) is 13.4. The number of aliphatic hydroxyl groups excluding tert-OH is 1. The zero-order valence-electron chi connectivity index (χ0n) is 10.7. The Morgan fingerprint density at radius 2 is 1.63 bits per heavy atom. The maximum atomic E-state index is 10.3. The highest BCUT2D eigenvalue weighted by Gasteiger charge is 2.17. The van der Waals surface area contributed by atoms with Gasteiger partial charge in [-0.15, -0.1) is 0 Å². The number of benzene rings is 2. The molecule has 0 fully saturated rings. The van der Waals surface area contributed by atoms with Gasteiger partial charge in [-0.1, -0.05) is 49.9 Å². The molecule has 0 saturated carbocycles. The Hall–Kier alpha value is -1.58. The first kappa shape index (κ1) is 15.5.